The summed E-state index contributed by atoms with van der Waals surface area (Å²) in [6.45, 7) is 3.87. The van der Waals surface area contributed by atoms with Gasteiger partial charge in [0.15, 0.2) is 0 Å². The summed E-state index contributed by atoms with van der Waals surface area (Å²) in [4.78, 5) is 0.111. The number of primary sulfonamides is 1. The van der Waals surface area contributed by atoms with Crippen molar-refractivity contribution in [2.75, 3.05) is 0 Å². The minimum atomic E-state index is -3.70. The molecule has 2 N–H and O–H groups in total. The lowest BCUT2D eigenvalue weighted by Gasteiger charge is -2.34. The Morgan fingerprint density at radius 1 is 1.29 bits per heavy atom. The molecule has 1 aliphatic rings. The molecular weight excluding hydrogens is 310 g/mol. The fourth-order valence-corrected chi connectivity index (χ4v) is 3.04. The van der Waals surface area contributed by atoms with Gasteiger partial charge < -0.3 is 4.74 Å². The van der Waals surface area contributed by atoms with Gasteiger partial charge in [0.25, 0.3) is 0 Å². The Balaban J connectivity index is 2.41. The number of nitrogens with two attached hydrogens (primary N) is 1. The molecule has 1 unspecified atom stereocenters. The predicted octanol–water partition coefficient (Wildman–Crippen LogP) is 3.09. The third-order valence-electron chi connectivity index (χ3n) is 3.23. The Morgan fingerprint density at radius 3 is 2.33 bits per heavy atom. The third kappa shape index (κ3) is 3.74. The van der Waals surface area contributed by atoms with Gasteiger partial charge in [-0.1, -0.05) is 29.8 Å². The fourth-order valence-electron chi connectivity index (χ4n) is 2.34. The molecule has 0 radical (unpaired) electrons. The molecule has 0 aliphatic heterocycles. The van der Waals surface area contributed by atoms with Crippen LogP contribution in [0.25, 0.3) is 0 Å². The lowest BCUT2D eigenvalue weighted by molar-refractivity contribution is -0.0505. The van der Waals surface area contributed by atoms with Crippen molar-refractivity contribution in [2.24, 2.45) is 5.14 Å². The monoisotopic (exact) mass is 327 g/mol. The maximum Gasteiger partial charge on any atom is 0.237 e. The van der Waals surface area contributed by atoms with E-state index in [-0.39, 0.29) is 11.0 Å². The van der Waals surface area contributed by atoms with Crippen LogP contribution in [0.3, 0.4) is 0 Å². The normalized spacial score (nSPS) is 22.4. The summed E-state index contributed by atoms with van der Waals surface area (Å²) in [7, 11) is -3.70. The molecular formula is C15H18ClNO3S. The Labute approximate surface area is 130 Å². The van der Waals surface area contributed by atoms with Gasteiger partial charge in [-0.3, -0.25) is 0 Å². The number of benzene rings is 1. The van der Waals surface area contributed by atoms with E-state index in [1.807, 2.05) is 26.0 Å². The van der Waals surface area contributed by atoms with Gasteiger partial charge in [-0.15, -0.1) is 0 Å². The molecule has 0 saturated heterocycles. The zero-order valence-electron chi connectivity index (χ0n) is 11.9. The van der Waals surface area contributed by atoms with Gasteiger partial charge in [0.05, 0.1) is 11.0 Å². The first kappa shape index (κ1) is 16.2. The van der Waals surface area contributed by atoms with Crippen molar-refractivity contribution in [3.05, 3.63) is 58.0 Å². The summed E-state index contributed by atoms with van der Waals surface area (Å²) in [5.41, 5.74) is 0.217. The van der Waals surface area contributed by atoms with Crippen molar-refractivity contribution in [1.82, 2.24) is 0 Å². The van der Waals surface area contributed by atoms with E-state index in [2.05, 4.69) is 0 Å². The van der Waals surface area contributed by atoms with Gasteiger partial charge >= 0.3 is 0 Å². The average molecular weight is 328 g/mol. The molecule has 4 nitrogen and oxygen atoms in total. The van der Waals surface area contributed by atoms with Gasteiger partial charge in [-0.05, 0) is 43.7 Å². The quantitative estimate of drug-likeness (QED) is 0.923. The van der Waals surface area contributed by atoms with Crippen LogP contribution in [-0.4, -0.2) is 14.5 Å². The highest BCUT2D eigenvalue weighted by molar-refractivity contribution is 7.93. The third-order valence-corrected chi connectivity index (χ3v) is 4.44. The van der Waals surface area contributed by atoms with Gasteiger partial charge in [0.2, 0.25) is 10.0 Å². The summed E-state index contributed by atoms with van der Waals surface area (Å²) in [6, 6.07) is 7.33. The first-order chi connectivity index (χ1) is 9.73. The van der Waals surface area contributed by atoms with E-state index in [0.717, 1.165) is 5.56 Å². The number of allylic oxidation sites excluding steroid dienone is 1. The van der Waals surface area contributed by atoms with Crippen LogP contribution in [0.5, 0.6) is 0 Å². The van der Waals surface area contributed by atoms with Crippen LogP contribution in [0.1, 0.15) is 25.8 Å². The van der Waals surface area contributed by atoms with E-state index in [9.17, 15) is 8.42 Å². The minimum absolute atomic E-state index is 0.0187. The molecule has 1 aromatic carbocycles. The molecule has 0 fully saturated rings. The highest BCUT2D eigenvalue weighted by Crippen LogP contribution is 2.37. The van der Waals surface area contributed by atoms with Crippen molar-refractivity contribution in [3.8, 4) is 0 Å². The van der Waals surface area contributed by atoms with Crippen molar-refractivity contribution >= 4 is 21.6 Å². The zero-order chi connectivity index (χ0) is 15.7. The number of hydrogen-bond acceptors (Lipinski definition) is 3. The SMILES string of the molecule is CC(C)OC1(c2ccc(Cl)cc2)C=CC(S(N)(=O)=O)=CC1. The molecule has 1 aliphatic carbocycles. The van der Waals surface area contributed by atoms with Crippen LogP contribution in [0.15, 0.2) is 47.4 Å². The smallest absolute Gasteiger partial charge is 0.237 e. The van der Waals surface area contributed by atoms with Crippen molar-refractivity contribution in [2.45, 2.75) is 32.0 Å². The van der Waals surface area contributed by atoms with E-state index < -0.39 is 15.6 Å². The second-order valence-electron chi connectivity index (χ2n) is 5.25. The maximum absolute atomic E-state index is 11.4. The molecule has 0 saturated carbocycles. The summed E-state index contributed by atoms with van der Waals surface area (Å²) < 4.78 is 28.9. The van der Waals surface area contributed by atoms with Gasteiger partial charge in [-0.25, -0.2) is 13.6 Å². The summed E-state index contributed by atoms with van der Waals surface area (Å²) in [5, 5.41) is 5.79. The predicted molar refractivity (Wildman–Crippen MR) is 84.3 cm³/mol. The molecule has 0 aromatic heterocycles. The number of halogens is 1. The minimum Gasteiger partial charge on any atom is -0.363 e. The van der Waals surface area contributed by atoms with Crippen LogP contribution >= 0.6 is 11.6 Å². The van der Waals surface area contributed by atoms with Gasteiger partial charge in [0, 0.05) is 11.4 Å². The largest absolute Gasteiger partial charge is 0.363 e. The van der Waals surface area contributed by atoms with Gasteiger partial charge in [-0.2, -0.15) is 0 Å². The average Bonchev–Trinajstić information content (AvgIpc) is 2.38. The lowest BCUT2D eigenvalue weighted by atomic mass is 9.87. The molecule has 6 heteroatoms. The Kier molecular flexibility index (Phi) is 4.58. The molecule has 21 heavy (non-hydrogen) atoms. The maximum atomic E-state index is 11.4. The van der Waals surface area contributed by atoms with E-state index in [0.29, 0.717) is 11.4 Å². The van der Waals surface area contributed by atoms with E-state index >= 15 is 0 Å². The molecule has 0 amide bonds. The zero-order valence-corrected chi connectivity index (χ0v) is 13.5. The highest BCUT2D eigenvalue weighted by Gasteiger charge is 2.33. The molecule has 0 bridgehead atoms. The van der Waals surface area contributed by atoms with Crippen LogP contribution in [-0.2, 0) is 20.4 Å². The summed E-state index contributed by atoms with van der Waals surface area (Å²) in [5.74, 6) is 0. The first-order valence-electron chi connectivity index (χ1n) is 6.59. The van der Waals surface area contributed by atoms with Crippen LogP contribution in [0.2, 0.25) is 5.02 Å². The molecule has 0 heterocycles. The van der Waals surface area contributed by atoms with E-state index in [4.69, 9.17) is 21.5 Å². The molecule has 1 aromatic rings. The number of hydrogen-bond donors (Lipinski definition) is 1. The number of ether oxygens (including phenoxy) is 1. The van der Waals surface area contributed by atoms with Crippen LogP contribution in [0.4, 0.5) is 0 Å². The highest BCUT2D eigenvalue weighted by atomic mass is 35.5. The lowest BCUT2D eigenvalue weighted by Crippen LogP contribution is -2.32. The Bertz CT molecular complexity index is 677. The van der Waals surface area contributed by atoms with Crippen molar-refractivity contribution < 1.29 is 13.2 Å². The molecule has 0 spiro atoms. The molecule has 1 atom stereocenters. The Hall–Kier alpha value is -1.14. The number of sulfonamides is 1. The van der Waals surface area contributed by atoms with Crippen molar-refractivity contribution in [1.29, 1.82) is 0 Å². The van der Waals surface area contributed by atoms with E-state index in [1.165, 1.54) is 6.08 Å². The standard InChI is InChI=1S/C15H18ClNO3S/c1-11(2)20-15(12-3-5-13(16)6-4-12)9-7-14(8-10-15)21(17,18)19/h3-9,11H,10H2,1-2H3,(H2,17,18,19). The summed E-state index contributed by atoms with van der Waals surface area (Å²) in [6.07, 6.45) is 5.21. The van der Waals surface area contributed by atoms with E-state index in [1.54, 1.807) is 24.3 Å². The van der Waals surface area contributed by atoms with Crippen molar-refractivity contribution in [3.63, 3.8) is 0 Å². The molecule has 2 rings (SSSR count). The summed E-state index contributed by atoms with van der Waals surface area (Å²) >= 11 is 5.92. The topological polar surface area (TPSA) is 69.4 Å². The second kappa shape index (κ2) is 5.93. The Morgan fingerprint density at radius 2 is 1.90 bits per heavy atom. The first-order valence-corrected chi connectivity index (χ1v) is 8.51. The van der Waals surface area contributed by atoms with Crippen LogP contribution < -0.4 is 5.14 Å². The number of rotatable bonds is 4. The van der Waals surface area contributed by atoms with Crippen LogP contribution in [0, 0.1) is 0 Å². The van der Waals surface area contributed by atoms with Gasteiger partial charge in [0.1, 0.15) is 5.60 Å². The molecule has 114 valence electrons. The second-order valence-corrected chi connectivity index (χ2v) is 7.25. The fraction of sp³-hybridized carbons (Fsp3) is 0.333.